The van der Waals surface area contributed by atoms with Crippen LogP contribution >= 0.6 is 23.4 Å². The molecule has 2 aliphatic rings. The van der Waals surface area contributed by atoms with Gasteiger partial charge in [0.15, 0.2) is 17.4 Å². The average Bonchev–Trinajstić information content (AvgIpc) is 2.96. The molecular formula is C17H19ClN4O2S. The number of carbonyl (C=O) groups is 2. The van der Waals surface area contributed by atoms with Gasteiger partial charge in [-0.3, -0.25) is 10.1 Å². The van der Waals surface area contributed by atoms with E-state index in [9.17, 15) is 9.59 Å². The van der Waals surface area contributed by atoms with Gasteiger partial charge in [0.05, 0.1) is 0 Å². The Morgan fingerprint density at radius 3 is 2.72 bits per heavy atom. The molecule has 2 aliphatic heterocycles. The quantitative estimate of drug-likeness (QED) is 0.818. The second kappa shape index (κ2) is 7.49. The number of hydrogen-bond acceptors (Lipinski definition) is 5. The second-order valence-corrected chi connectivity index (χ2v) is 7.19. The van der Waals surface area contributed by atoms with Crippen LogP contribution < -0.4 is 5.32 Å². The summed E-state index contributed by atoms with van der Waals surface area (Å²) in [6.07, 6.45) is 3.42. The Bertz CT molecular complexity index is 735. The Hall–Kier alpha value is -1.99. The van der Waals surface area contributed by atoms with Crippen molar-refractivity contribution in [2.24, 2.45) is 4.99 Å². The lowest BCUT2D eigenvalue weighted by molar-refractivity contribution is -0.126. The van der Waals surface area contributed by atoms with Crippen molar-refractivity contribution < 1.29 is 9.59 Å². The molecule has 0 radical (unpaired) electrons. The molecule has 1 N–H and O–H groups in total. The number of hydrogen-bond donors (Lipinski definition) is 1. The highest BCUT2D eigenvalue weighted by molar-refractivity contribution is 8.13. The number of thioether (sulfide) groups is 1. The Morgan fingerprint density at radius 1 is 1.32 bits per heavy atom. The molecule has 25 heavy (non-hydrogen) atoms. The summed E-state index contributed by atoms with van der Waals surface area (Å²) < 4.78 is 0. The molecule has 2 heterocycles. The molecule has 0 saturated carbocycles. The first-order chi connectivity index (χ1) is 12.0. The van der Waals surface area contributed by atoms with Gasteiger partial charge < -0.3 is 9.80 Å². The van der Waals surface area contributed by atoms with E-state index in [0.717, 1.165) is 10.7 Å². The standard InChI is InChI=1S/C17H19ClN4O2S/c1-3-4-9-22-13-14(21(2)16(24)20-15(13)23)19-17(22)25-10-11-5-7-12(18)8-6-11/h3-8,13-14H,9-10H2,1-2H3,(H,20,23,24)/b4-3+. The highest BCUT2D eigenvalue weighted by Gasteiger charge is 2.48. The van der Waals surface area contributed by atoms with E-state index in [-0.39, 0.29) is 5.91 Å². The number of rotatable bonds is 4. The summed E-state index contributed by atoms with van der Waals surface area (Å²) >= 11 is 7.47. The molecule has 1 aromatic rings. The van der Waals surface area contributed by atoms with Gasteiger partial charge in [0.1, 0.15) is 0 Å². The molecule has 2 atom stereocenters. The lowest BCUT2D eigenvalue weighted by atomic mass is 10.1. The number of nitrogens with zero attached hydrogens (tertiary/aromatic N) is 3. The summed E-state index contributed by atoms with van der Waals surface area (Å²) in [7, 11) is 1.66. The Labute approximate surface area is 155 Å². The van der Waals surface area contributed by atoms with Gasteiger partial charge in [-0.05, 0) is 24.6 Å². The van der Waals surface area contributed by atoms with E-state index >= 15 is 0 Å². The first kappa shape index (κ1) is 17.8. The molecule has 0 spiro atoms. The molecule has 3 rings (SSSR count). The van der Waals surface area contributed by atoms with Crippen LogP contribution in [0.25, 0.3) is 0 Å². The zero-order chi connectivity index (χ0) is 18.0. The lowest BCUT2D eigenvalue weighted by Gasteiger charge is -2.35. The molecular weight excluding hydrogens is 360 g/mol. The summed E-state index contributed by atoms with van der Waals surface area (Å²) in [5.74, 6) is 0.407. The van der Waals surface area contributed by atoms with Crippen LogP contribution in [0.4, 0.5) is 4.79 Å². The number of halogens is 1. The molecule has 3 amide bonds. The minimum absolute atomic E-state index is 0.302. The van der Waals surface area contributed by atoms with Crippen molar-refractivity contribution in [1.82, 2.24) is 15.1 Å². The van der Waals surface area contributed by atoms with Crippen molar-refractivity contribution in [3.8, 4) is 0 Å². The maximum absolute atomic E-state index is 12.3. The average molecular weight is 379 g/mol. The number of aliphatic imine (C=N–C) groups is 1. The predicted octanol–water partition coefficient (Wildman–Crippen LogP) is 2.70. The molecule has 2 unspecified atom stereocenters. The topological polar surface area (TPSA) is 65.0 Å². The van der Waals surface area contributed by atoms with Gasteiger partial charge in [0.2, 0.25) is 0 Å². The van der Waals surface area contributed by atoms with Crippen LogP contribution in [-0.2, 0) is 10.5 Å². The van der Waals surface area contributed by atoms with Gasteiger partial charge in [0.25, 0.3) is 5.91 Å². The third kappa shape index (κ3) is 3.67. The number of nitrogens with one attached hydrogen (secondary N) is 1. The molecule has 1 saturated heterocycles. The van der Waals surface area contributed by atoms with Crippen LogP contribution in [0.15, 0.2) is 41.4 Å². The summed E-state index contributed by atoms with van der Waals surface area (Å²) in [5.41, 5.74) is 1.12. The number of imide groups is 1. The molecule has 0 aliphatic carbocycles. The van der Waals surface area contributed by atoms with Crippen LogP contribution in [0.5, 0.6) is 0 Å². The number of amidine groups is 1. The normalized spacial score (nSPS) is 23.1. The predicted molar refractivity (Wildman–Crippen MR) is 101 cm³/mol. The van der Waals surface area contributed by atoms with Crippen LogP contribution in [-0.4, -0.2) is 52.7 Å². The number of allylic oxidation sites excluding steroid dienone is 1. The molecule has 132 valence electrons. The van der Waals surface area contributed by atoms with Crippen LogP contribution in [0, 0.1) is 0 Å². The van der Waals surface area contributed by atoms with Gasteiger partial charge >= 0.3 is 6.03 Å². The van der Waals surface area contributed by atoms with E-state index in [2.05, 4.69) is 10.3 Å². The fourth-order valence-electron chi connectivity index (χ4n) is 2.76. The van der Waals surface area contributed by atoms with Crippen molar-refractivity contribution in [2.75, 3.05) is 13.6 Å². The SMILES string of the molecule is C/C=C/CN1C(SCc2ccc(Cl)cc2)=NC2C1C(=O)NC(=O)N2C. The Morgan fingerprint density at radius 2 is 2.04 bits per heavy atom. The van der Waals surface area contributed by atoms with Gasteiger partial charge in [-0.25, -0.2) is 9.79 Å². The number of likely N-dealkylation sites (N-methyl/N-ethyl adjacent to an activating group) is 1. The molecule has 0 aromatic heterocycles. The van der Waals surface area contributed by atoms with E-state index in [0.29, 0.717) is 17.3 Å². The summed E-state index contributed by atoms with van der Waals surface area (Å²) in [5, 5.41) is 3.85. The van der Waals surface area contributed by atoms with Crippen molar-refractivity contribution in [2.45, 2.75) is 24.9 Å². The lowest BCUT2D eigenvalue weighted by Crippen LogP contribution is -2.63. The van der Waals surface area contributed by atoms with Crippen LogP contribution in [0.1, 0.15) is 12.5 Å². The van der Waals surface area contributed by atoms with E-state index in [1.165, 1.54) is 4.90 Å². The number of amides is 3. The second-order valence-electron chi connectivity index (χ2n) is 5.81. The highest BCUT2D eigenvalue weighted by atomic mass is 35.5. The third-order valence-corrected chi connectivity index (χ3v) is 5.47. The van der Waals surface area contributed by atoms with Crippen LogP contribution in [0.2, 0.25) is 5.02 Å². The fraction of sp³-hybridized carbons (Fsp3) is 0.353. The van der Waals surface area contributed by atoms with E-state index in [1.807, 2.05) is 48.2 Å². The molecule has 6 nitrogen and oxygen atoms in total. The Balaban J connectivity index is 1.80. The van der Waals surface area contributed by atoms with Gasteiger partial charge in [0, 0.05) is 24.4 Å². The zero-order valence-electron chi connectivity index (χ0n) is 14.0. The summed E-state index contributed by atoms with van der Waals surface area (Å²) in [6, 6.07) is 6.74. The molecule has 1 fully saturated rings. The van der Waals surface area contributed by atoms with Crippen molar-refractivity contribution in [3.05, 3.63) is 47.0 Å². The molecule has 0 bridgehead atoms. The minimum Gasteiger partial charge on any atom is -0.332 e. The monoisotopic (exact) mass is 378 g/mol. The largest absolute Gasteiger partial charge is 0.332 e. The van der Waals surface area contributed by atoms with Gasteiger partial charge in [-0.1, -0.05) is 47.6 Å². The van der Waals surface area contributed by atoms with Crippen molar-refractivity contribution >= 4 is 40.5 Å². The van der Waals surface area contributed by atoms with Crippen LogP contribution in [0.3, 0.4) is 0 Å². The fourth-order valence-corrected chi connectivity index (χ4v) is 3.91. The highest BCUT2D eigenvalue weighted by Crippen LogP contribution is 2.30. The molecule has 8 heteroatoms. The minimum atomic E-state index is -0.494. The third-order valence-electron chi connectivity index (χ3n) is 4.14. The summed E-state index contributed by atoms with van der Waals surface area (Å²) in [6.45, 7) is 2.50. The smallest absolute Gasteiger partial charge is 0.325 e. The van der Waals surface area contributed by atoms with E-state index < -0.39 is 18.2 Å². The first-order valence-electron chi connectivity index (χ1n) is 7.91. The van der Waals surface area contributed by atoms with E-state index in [1.54, 1.807) is 18.8 Å². The van der Waals surface area contributed by atoms with E-state index in [4.69, 9.17) is 11.6 Å². The number of fused-ring (bicyclic) bond motifs is 1. The first-order valence-corrected chi connectivity index (χ1v) is 9.28. The summed E-state index contributed by atoms with van der Waals surface area (Å²) in [4.78, 5) is 32.3. The van der Waals surface area contributed by atoms with Gasteiger partial charge in [-0.2, -0.15) is 0 Å². The van der Waals surface area contributed by atoms with Gasteiger partial charge in [-0.15, -0.1) is 0 Å². The van der Waals surface area contributed by atoms with Crippen molar-refractivity contribution in [3.63, 3.8) is 0 Å². The Kier molecular flexibility index (Phi) is 5.34. The maximum Gasteiger partial charge on any atom is 0.325 e. The zero-order valence-corrected chi connectivity index (χ0v) is 15.5. The number of benzene rings is 1. The number of carbonyl (C=O) groups excluding carboxylic acids is 2. The molecule has 1 aromatic carbocycles. The maximum atomic E-state index is 12.3. The van der Waals surface area contributed by atoms with Crippen molar-refractivity contribution in [1.29, 1.82) is 0 Å². The number of urea groups is 1.